The van der Waals surface area contributed by atoms with Crippen molar-refractivity contribution in [3.8, 4) is 0 Å². The van der Waals surface area contributed by atoms with Crippen molar-refractivity contribution in [1.29, 1.82) is 0 Å². The molecule has 0 aliphatic carbocycles. The SMILES string of the molecule is CCCCCCCCCCS(=O)c1ccc(Cl)cc1N. The zero-order valence-electron chi connectivity index (χ0n) is 12.4. The summed E-state index contributed by atoms with van der Waals surface area (Å²) >= 11 is 5.84. The molecule has 1 aromatic rings. The Bertz CT molecular complexity index is 423. The topological polar surface area (TPSA) is 43.1 Å². The molecule has 1 unspecified atom stereocenters. The van der Waals surface area contributed by atoms with Crippen LogP contribution in [0.15, 0.2) is 23.1 Å². The van der Waals surface area contributed by atoms with E-state index in [0.29, 0.717) is 16.5 Å². The monoisotopic (exact) mass is 315 g/mol. The maximum atomic E-state index is 12.1. The lowest BCUT2D eigenvalue weighted by atomic mass is 10.1. The van der Waals surface area contributed by atoms with Gasteiger partial charge in [0.1, 0.15) is 0 Å². The molecule has 4 heteroatoms. The summed E-state index contributed by atoms with van der Waals surface area (Å²) in [6, 6.07) is 5.19. The summed E-state index contributed by atoms with van der Waals surface area (Å²) in [6.07, 6.45) is 10.0. The third kappa shape index (κ3) is 6.76. The predicted octanol–water partition coefficient (Wildman–Crippen LogP) is 5.17. The largest absolute Gasteiger partial charge is 0.398 e. The molecule has 114 valence electrons. The summed E-state index contributed by atoms with van der Waals surface area (Å²) in [5, 5.41) is 0.593. The Morgan fingerprint density at radius 2 is 1.65 bits per heavy atom. The average molecular weight is 316 g/mol. The number of hydrogen-bond acceptors (Lipinski definition) is 2. The second-order valence-electron chi connectivity index (χ2n) is 5.21. The first-order chi connectivity index (χ1) is 9.65. The molecule has 20 heavy (non-hydrogen) atoms. The van der Waals surface area contributed by atoms with E-state index in [1.54, 1.807) is 18.2 Å². The molecule has 0 aromatic heterocycles. The van der Waals surface area contributed by atoms with E-state index in [2.05, 4.69) is 6.92 Å². The first-order valence-corrected chi connectivity index (χ1v) is 9.28. The van der Waals surface area contributed by atoms with Crippen molar-refractivity contribution < 1.29 is 4.21 Å². The summed E-state index contributed by atoms with van der Waals surface area (Å²) in [5.41, 5.74) is 6.38. The summed E-state index contributed by atoms with van der Waals surface area (Å²) in [4.78, 5) is 0.720. The molecule has 1 aromatic carbocycles. The molecule has 0 saturated heterocycles. The Kier molecular flexibility index (Phi) is 8.95. The minimum absolute atomic E-state index is 0.537. The number of unbranched alkanes of at least 4 members (excludes halogenated alkanes) is 7. The number of halogens is 1. The van der Waals surface area contributed by atoms with Crippen molar-refractivity contribution in [3.63, 3.8) is 0 Å². The third-order valence-electron chi connectivity index (χ3n) is 3.40. The van der Waals surface area contributed by atoms with Crippen LogP contribution in [-0.4, -0.2) is 9.96 Å². The lowest BCUT2D eigenvalue weighted by Gasteiger charge is -2.06. The summed E-state index contributed by atoms with van der Waals surface area (Å²) in [6.45, 7) is 2.23. The van der Waals surface area contributed by atoms with Crippen LogP contribution in [0.5, 0.6) is 0 Å². The zero-order chi connectivity index (χ0) is 14.8. The molecule has 2 N–H and O–H groups in total. The van der Waals surface area contributed by atoms with E-state index in [0.717, 1.165) is 17.7 Å². The molecule has 0 radical (unpaired) electrons. The van der Waals surface area contributed by atoms with Crippen LogP contribution >= 0.6 is 11.6 Å². The fourth-order valence-electron chi connectivity index (χ4n) is 2.20. The maximum Gasteiger partial charge on any atom is 0.0618 e. The van der Waals surface area contributed by atoms with Gasteiger partial charge in [-0.05, 0) is 24.6 Å². The van der Waals surface area contributed by atoms with Gasteiger partial charge in [0.25, 0.3) is 0 Å². The van der Waals surface area contributed by atoms with E-state index >= 15 is 0 Å². The van der Waals surface area contributed by atoms with E-state index in [9.17, 15) is 4.21 Å². The van der Waals surface area contributed by atoms with Gasteiger partial charge in [0.15, 0.2) is 0 Å². The van der Waals surface area contributed by atoms with Gasteiger partial charge in [-0.3, -0.25) is 4.21 Å². The highest BCUT2D eigenvalue weighted by Gasteiger charge is 2.08. The Morgan fingerprint density at radius 3 is 2.25 bits per heavy atom. The molecule has 2 nitrogen and oxygen atoms in total. The second-order valence-corrected chi connectivity index (χ2v) is 7.18. The van der Waals surface area contributed by atoms with Gasteiger partial charge in [-0.15, -0.1) is 0 Å². The predicted molar refractivity (Wildman–Crippen MR) is 89.7 cm³/mol. The van der Waals surface area contributed by atoms with Crippen molar-refractivity contribution in [2.45, 2.75) is 63.2 Å². The van der Waals surface area contributed by atoms with Crippen molar-refractivity contribution in [1.82, 2.24) is 0 Å². The minimum atomic E-state index is -0.997. The van der Waals surface area contributed by atoms with Crippen LogP contribution in [0.1, 0.15) is 58.3 Å². The van der Waals surface area contributed by atoms with E-state index in [1.165, 1.54) is 38.5 Å². The van der Waals surface area contributed by atoms with Gasteiger partial charge in [0.05, 0.1) is 15.7 Å². The Hall–Kier alpha value is -0.540. The Balaban J connectivity index is 2.17. The molecule has 0 aliphatic heterocycles. The highest BCUT2D eigenvalue weighted by molar-refractivity contribution is 7.85. The minimum Gasteiger partial charge on any atom is -0.398 e. The number of benzene rings is 1. The van der Waals surface area contributed by atoms with Gasteiger partial charge in [-0.25, -0.2) is 0 Å². The van der Waals surface area contributed by atoms with Crippen LogP contribution in [0.2, 0.25) is 5.02 Å². The molecular formula is C16H26ClNOS. The smallest absolute Gasteiger partial charge is 0.0618 e. The first kappa shape index (κ1) is 17.5. The number of anilines is 1. The van der Waals surface area contributed by atoms with Crippen LogP contribution < -0.4 is 5.73 Å². The number of nitrogens with two attached hydrogens (primary N) is 1. The zero-order valence-corrected chi connectivity index (χ0v) is 13.9. The molecule has 0 heterocycles. The average Bonchev–Trinajstić information content (AvgIpc) is 2.41. The van der Waals surface area contributed by atoms with Gasteiger partial charge in [0, 0.05) is 16.5 Å². The summed E-state index contributed by atoms with van der Waals surface area (Å²) < 4.78 is 12.1. The van der Waals surface area contributed by atoms with Crippen molar-refractivity contribution in [2.75, 3.05) is 11.5 Å². The Labute approximate surface area is 130 Å². The molecular weight excluding hydrogens is 290 g/mol. The quantitative estimate of drug-likeness (QED) is 0.478. The normalized spacial score (nSPS) is 12.5. The molecule has 0 saturated carbocycles. The number of rotatable bonds is 10. The van der Waals surface area contributed by atoms with Gasteiger partial charge >= 0.3 is 0 Å². The number of nitrogen functional groups attached to an aromatic ring is 1. The second kappa shape index (κ2) is 10.2. The van der Waals surface area contributed by atoms with Gasteiger partial charge in [0.2, 0.25) is 0 Å². The van der Waals surface area contributed by atoms with Crippen molar-refractivity contribution >= 4 is 28.1 Å². The van der Waals surface area contributed by atoms with Crippen LogP contribution in [-0.2, 0) is 10.8 Å². The lowest BCUT2D eigenvalue weighted by Crippen LogP contribution is -2.02. The van der Waals surface area contributed by atoms with Crippen LogP contribution in [0.25, 0.3) is 0 Å². The van der Waals surface area contributed by atoms with Crippen LogP contribution in [0, 0.1) is 0 Å². The maximum absolute atomic E-state index is 12.1. The fraction of sp³-hybridized carbons (Fsp3) is 0.625. The molecule has 1 atom stereocenters. The molecule has 0 amide bonds. The van der Waals surface area contributed by atoms with Crippen LogP contribution in [0.4, 0.5) is 5.69 Å². The highest BCUT2D eigenvalue weighted by Crippen LogP contribution is 2.22. The highest BCUT2D eigenvalue weighted by atomic mass is 35.5. The van der Waals surface area contributed by atoms with Gasteiger partial charge in [-0.2, -0.15) is 0 Å². The lowest BCUT2D eigenvalue weighted by molar-refractivity contribution is 0.584. The van der Waals surface area contributed by atoms with Crippen molar-refractivity contribution in [3.05, 3.63) is 23.2 Å². The van der Waals surface area contributed by atoms with Gasteiger partial charge in [-0.1, -0.05) is 63.5 Å². The summed E-state index contributed by atoms with van der Waals surface area (Å²) in [5.74, 6) is 0.695. The molecule has 1 rings (SSSR count). The van der Waals surface area contributed by atoms with E-state index in [-0.39, 0.29) is 0 Å². The van der Waals surface area contributed by atoms with E-state index < -0.39 is 10.8 Å². The van der Waals surface area contributed by atoms with Crippen molar-refractivity contribution in [2.24, 2.45) is 0 Å². The molecule has 0 aliphatic rings. The summed E-state index contributed by atoms with van der Waals surface area (Å²) in [7, 11) is -0.997. The number of hydrogen-bond donors (Lipinski definition) is 1. The molecule has 0 spiro atoms. The van der Waals surface area contributed by atoms with E-state index in [4.69, 9.17) is 17.3 Å². The fourth-order valence-corrected chi connectivity index (χ4v) is 3.61. The van der Waals surface area contributed by atoms with Crippen LogP contribution in [0.3, 0.4) is 0 Å². The first-order valence-electron chi connectivity index (χ1n) is 7.58. The third-order valence-corrected chi connectivity index (χ3v) is 5.16. The molecule has 0 fully saturated rings. The Morgan fingerprint density at radius 1 is 1.05 bits per heavy atom. The van der Waals surface area contributed by atoms with E-state index in [1.807, 2.05) is 0 Å². The molecule has 0 bridgehead atoms. The van der Waals surface area contributed by atoms with Gasteiger partial charge < -0.3 is 5.73 Å². The standard InChI is InChI=1S/C16H26ClNOS/c1-2-3-4-5-6-7-8-9-12-20(19)16-11-10-14(17)13-15(16)18/h10-11,13H,2-9,12,18H2,1H3.